The first-order valence-electron chi connectivity index (χ1n) is 14.7. The zero-order valence-electron chi connectivity index (χ0n) is 25.5. The number of benzene rings is 1. The van der Waals surface area contributed by atoms with Crippen molar-refractivity contribution < 1.29 is 23.1 Å². The lowest BCUT2D eigenvalue weighted by Gasteiger charge is -2.41. The molecule has 0 saturated carbocycles. The monoisotopic (exact) mass is 602 g/mol. The summed E-state index contributed by atoms with van der Waals surface area (Å²) in [4.78, 5) is 35.9. The standard InChI is InChI=1S/C32H41ClF2N4O3/c1-18-24(33)15-21-26(37-18)32(42-27(21)31(5,6)29(41)36-7)10-12-38(13-11-32)28(40)23-17-39(30(2,3)4)16-22(23)20-9-8-19(34)14-25(20)35/h8-9,14-15,22-23,27H,10-13,16-17H2,1-7H3,(H,36,41)/t22-,23+,27?/m0/s1. The van der Waals surface area contributed by atoms with Crippen molar-refractivity contribution in [2.24, 2.45) is 11.3 Å². The minimum Gasteiger partial charge on any atom is -0.359 e. The molecule has 2 fully saturated rings. The van der Waals surface area contributed by atoms with E-state index in [1.54, 1.807) is 7.05 Å². The number of amides is 2. The van der Waals surface area contributed by atoms with Gasteiger partial charge in [0.15, 0.2) is 0 Å². The van der Waals surface area contributed by atoms with Gasteiger partial charge < -0.3 is 15.0 Å². The quantitative estimate of drug-likeness (QED) is 0.500. The van der Waals surface area contributed by atoms with Crippen LogP contribution in [-0.4, -0.2) is 65.4 Å². The maximum absolute atomic E-state index is 15.0. The fourth-order valence-electron chi connectivity index (χ4n) is 6.88. The van der Waals surface area contributed by atoms with Gasteiger partial charge in [-0.15, -0.1) is 0 Å². The van der Waals surface area contributed by atoms with Crippen molar-refractivity contribution >= 4 is 23.4 Å². The normalized spacial score (nSPS) is 24.2. The molecule has 1 unspecified atom stereocenters. The van der Waals surface area contributed by atoms with Gasteiger partial charge in [0.1, 0.15) is 17.2 Å². The average Bonchev–Trinajstić information content (AvgIpc) is 3.50. The third-order valence-corrected chi connectivity index (χ3v) is 9.92. The fourth-order valence-corrected chi connectivity index (χ4v) is 7.04. The highest BCUT2D eigenvalue weighted by molar-refractivity contribution is 6.31. The Labute approximate surface area is 251 Å². The molecule has 10 heteroatoms. The summed E-state index contributed by atoms with van der Waals surface area (Å²) in [7, 11) is 1.61. The van der Waals surface area contributed by atoms with Gasteiger partial charge in [-0.3, -0.25) is 19.5 Å². The van der Waals surface area contributed by atoms with Crippen molar-refractivity contribution in [3.05, 3.63) is 63.4 Å². The third-order valence-electron chi connectivity index (χ3n) is 9.54. The number of hydrogen-bond acceptors (Lipinski definition) is 5. The Morgan fingerprint density at radius 1 is 1.07 bits per heavy atom. The number of carbonyl (C=O) groups is 2. The number of carbonyl (C=O) groups excluding carboxylic acids is 2. The van der Waals surface area contributed by atoms with Crippen LogP contribution in [0.25, 0.3) is 0 Å². The second kappa shape index (κ2) is 10.8. The van der Waals surface area contributed by atoms with E-state index in [9.17, 15) is 18.4 Å². The van der Waals surface area contributed by atoms with Crippen LogP contribution in [-0.2, 0) is 19.9 Å². The Morgan fingerprint density at radius 3 is 2.33 bits per heavy atom. The van der Waals surface area contributed by atoms with Crippen LogP contribution in [0.3, 0.4) is 0 Å². The van der Waals surface area contributed by atoms with E-state index in [0.29, 0.717) is 55.3 Å². The molecule has 3 atom stereocenters. The number of hydrogen-bond donors (Lipinski definition) is 1. The van der Waals surface area contributed by atoms with E-state index in [2.05, 4.69) is 31.0 Å². The SMILES string of the molecule is CNC(=O)C(C)(C)C1OC2(CCN(C(=O)[C@@H]3CN(C(C)(C)C)C[C@H]3c3ccc(F)cc3F)CC2)c2nc(C)c(Cl)cc21. The third kappa shape index (κ3) is 5.22. The molecule has 2 saturated heterocycles. The van der Waals surface area contributed by atoms with E-state index < -0.39 is 34.7 Å². The second-order valence-electron chi connectivity index (χ2n) is 13.6. The highest BCUT2D eigenvalue weighted by Gasteiger charge is 2.55. The van der Waals surface area contributed by atoms with E-state index in [4.69, 9.17) is 21.3 Å². The molecule has 1 spiro atoms. The van der Waals surface area contributed by atoms with Crippen molar-refractivity contribution in [3.8, 4) is 0 Å². The molecule has 3 aliphatic heterocycles. The number of fused-ring (bicyclic) bond motifs is 2. The van der Waals surface area contributed by atoms with Gasteiger partial charge in [0.05, 0.1) is 33.8 Å². The number of likely N-dealkylation sites (tertiary alicyclic amines) is 2. The summed E-state index contributed by atoms with van der Waals surface area (Å²) < 4.78 is 35.5. The van der Waals surface area contributed by atoms with Gasteiger partial charge in [-0.1, -0.05) is 17.7 Å². The van der Waals surface area contributed by atoms with Crippen LogP contribution in [0.5, 0.6) is 0 Å². The van der Waals surface area contributed by atoms with Crippen LogP contribution in [0.4, 0.5) is 8.78 Å². The molecule has 1 N–H and O–H groups in total. The van der Waals surface area contributed by atoms with Gasteiger partial charge >= 0.3 is 0 Å². The topological polar surface area (TPSA) is 74.8 Å². The molecule has 4 heterocycles. The van der Waals surface area contributed by atoms with Crippen LogP contribution in [0, 0.1) is 29.9 Å². The molecular weight excluding hydrogens is 562 g/mol. The van der Waals surface area contributed by atoms with Crippen LogP contribution in [0.1, 0.15) is 82.0 Å². The summed E-state index contributed by atoms with van der Waals surface area (Å²) in [6, 6.07) is 5.50. The van der Waals surface area contributed by atoms with Crippen LogP contribution >= 0.6 is 11.6 Å². The maximum atomic E-state index is 15.0. The number of nitrogens with one attached hydrogen (secondary N) is 1. The van der Waals surface area contributed by atoms with E-state index in [1.165, 1.54) is 12.1 Å². The molecule has 2 aromatic rings. The van der Waals surface area contributed by atoms with Crippen molar-refractivity contribution in [1.29, 1.82) is 0 Å². The Bertz CT molecular complexity index is 1400. The number of aromatic nitrogens is 1. The molecule has 0 bridgehead atoms. The molecule has 5 rings (SSSR count). The summed E-state index contributed by atoms with van der Waals surface area (Å²) in [6.07, 6.45) is 0.456. The predicted molar refractivity (Wildman–Crippen MR) is 157 cm³/mol. The largest absolute Gasteiger partial charge is 0.359 e. The zero-order valence-corrected chi connectivity index (χ0v) is 26.2. The van der Waals surface area contributed by atoms with Crippen LogP contribution in [0.2, 0.25) is 5.02 Å². The van der Waals surface area contributed by atoms with Crippen LogP contribution in [0.15, 0.2) is 24.3 Å². The zero-order chi connectivity index (χ0) is 30.8. The van der Waals surface area contributed by atoms with Gasteiger partial charge in [-0.05, 0) is 72.1 Å². The van der Waals surface area contributed by atoms with E-state index >= 15 is 0 Å². The summed E-state index contributed by atoms with van der Waals surface area (Å²) >= 11 is 6.49. The number of ether oxygens (including phenoxy) is 1. The first-order valence-corrected chi connectivity index (χ1v) is 15.0. The molecule has 1 aromatic carbocycles. The van der Waals surface area contributed by atoms with Crippen LogP contribution < -0.4 is 5.32 Å². The maximum Gasteiger partial charge on any atom is 0.228 e. The molecule has 3 aliphatic rings. The number of nitrogens with zero attached hydrogens (tertiary/aromatic N) is 3. The molecule has 7 nitrogen and oxygen atoms in total. The molecule has 1 aromatic heterocycles. The summed E-state index contributed by atoms with van der Waals surface area (Å²) in [6.45, 7) is 13.6. The van der Waals surface area contributed by atoms with Gasteiger partial charge in [-0.25, -0.2) is 8.78 Å². The molecule has 0 aliphatic carbocycles. The van der Waals surface area contributed by atoms with Gasteiger partial charge in [-0.2, -0.15) is 0 Å². The smallest absolute Gasteiger partial charge is 0.228 e. The van der Waals surface area contributed by atoms with Gasteiger partial charge in [0.25, 0.3) is 0 Å². The minimum atomic E-state index is -0.882. The average molecular weight is 603 g/mol. The first kappa shape index (κ1) is 30.8. The molecule has 0 radical (unpaired) electrons. The summed E-state index contributed by atoms with van der Waals surface area (Å²) in [5.74, 6) is -2.29. The minimum absolute atomic E-state index is 0.0361. The first-order chi connectivity index (χ1) is 19.6. The Kier molecular flexibility index (Phi) is 7.95. The van der Waals surface area contributed by atoms with Gasteiger partial charge in [0.2, 0.25) is 11.8 Å². The molecule has 228 valence electrons. The lowest BCUT2D eigenvalue weighted by Crippen LogP contribution is -2.49. The highest BCUT2D eigenvalue weighted by atomic mass is 35.5. The van der Waals surface area contributed by atoms with E-state index in [0.717, 1.165) is 17.3 Å². The highest BCUT2D eigenvalue weighted by Crippen LogP contribution is 2.55. The molecule has 2 amide bonds. The van der Waals surface area contributed by atoms with Gasteiger partial charge in [0, 0.05) is 56.3 Å². The molecular formula is C32H41ClF2N4O3. The second-order valence-corrected chi connectivity index (χ2v) is 14.0. The lowest BCUT2D eigenvalue weighted by molar-refractivity contribution is -0.165. The fraction of sp³-hybridized carbons (Fsp3) is 0.594. The van der Waals surface area contributed by atoms with E-state index in [1.807, 2.05) is 31.7 Å². The molecule has 42 heavy (non-hydrogen) atoms. The summed E-state index contributed by atoms with van der Waals surface area (Å²) in [5.41, 5.74) is 0.799. The number of aryl methyl sites for hydroxylation is 1. The summed E-state index contributed by atoms with van der Waals surface area (Å²) in [5, 5.41) is 3.26. The lowest BCUT2D eigenvalue weighted by atomic mass is 9.80. The van der Waals surface area contributed by atoms with E-state index in [-0.39, 0.29) is 23.3 Å². The van der Waals surface area contributed by atoms with Crippen molar-refractivity contribution in [2.75, 3.05) is 33.2 Å². The van der Waals surface area contributed by atoms with Crippen molar-refractivity contribution in [2.45, 2.75) is 77.5 Å². The Hall–Kier alpha value is -2.62. The van der Waals surface area contributed by atoms with Crippen molar-refractivity contribution in [1.82, 2.24) is 20.1 Å². The number of halogens is 3. The Balaban J connectivity index is 1.41. The Morgan fingerprint density at radius 2 is 1.74 bits per heavy atom. The number of pyridine rings is 1. The number of rotatable bonds is 4. The number of piperidine rings is 1. The predicted octanol–water partition coefficient (Wildman–Crippen LogP) is 5.50. The van der Waals surface area contributed by atoms with Crippen molar-refractivity contribution in [3.63, 3.8) is 0 Å².